The molecule has 4 rings (SSSR count). The summed E-state index contributed by atoms with van der Waals surface area (Å²) in [4.78, 5) is 10.8. The van der Waals surface area contributed by atoms with Crippen LogP contribution in [0, 0.1) is 5.82 Å². The molecule has 196 valence electrons. The molecule has 1 N–H and O–H groups in total. The topological polar surface area (TPSA) is 83.9 Å². The van der Waals surface area contributed by atoms with Crippen molar-refractivity contribution in [3.05, 3.63) is 77.6 Å². The molecule has 13 heteroatoms. The number of nitrogens with zero attached hydrogens (tertiary/aromatic N) is 1. The molecule has 0 saturated heterocycles. The first-order valence-corrected chi connectivity index (χ1v) is 12.0. The van der Waals surface area contributed by atoms with Gasteiger partial charge in [-0.15, -0.1) is 0 Å². The van der Waals surface area contributed by atoms with E-state index < -0.39 is 63.3 Å². The van der Waals surface area contributed by atoms with Gasteiger partial charge in [0.1, 0.15) is 11.6 Å². The number of alkyl halides is 5. The van der Waals surface area contributed by atoms with Crippen LogP contribution in [0.2, 0.25) is 0 Å². The molecular weight excluding hydrogens is 528 g/mol. The van der Waals surface area contributed by atoms with Gasteiger partial charge in [-0.05, 0) is 59.5 Å². The molecule has 1 aliphatic heterocycles. The molecule has 1 aliphatic rings. The predicted molar refractivity (Wildman–Crippen MR) is 119 cm³/mol. The molecule has 0 aliphatic carbocycles. The van der Waals surface area contributed by atoms with Gasteiger partial charge in [0.2, 0.25) is 0 Å². The van der Waals surface area contributed by atoms with Crippen molar-refractivity contribution in [1.29, 1.82) is 0 Å². The van der Waals surface area contributed by atoms with Gasteiger partial charge in [0.25, 0.3) is 10.0 Å². The highest BCUT2D eigenvalue weighted by atomic mass is 32.2. The lowest BCUT2D eigenvalue weighted by Gasteiger charge is -2.26. The Kier molecular flexibility index (Phi) is 6.84. The average molecular weight is 545 g/mol. The number of aliphatic carboxylic acids is 1. The number of carboxylic acids is 1. The van der Waals surface area contributed by atoms with Crippen LogP contribution in [-0.4, -0.2) is 32.1 Å². The summed E-state index contributed by atoms with van der Waals surface area (Å²) in [5.74, 6) is -2.73. The van der Waals surface area contributed by atoms with Gasteiger partial charge in [-0.3, -0.25) is 9.10 Å². The Labute approximate surface area is 206 Å². The fraction of sp³-hybridized carbons (Fsp3) is 0.208. The molecule has 0 fully saturated rings. The highest BCUT2D eigenvalue weighted by molar-refractivity contribution is 7.92. The number of rotatable bonds is 7. The number of carboxylic acid groups (broad SMARTS) is 1. The van der Waals surface area contributed by atoms with Crippen molar-refractivity contribution in [2.45, 2.75) is 36.6 Å². The highest BCUT2D eigenvalue weighted by Gasteiger charge is 2.41. The third-order valence-electron chi connectivity index (χ3n) is 5.67. The fourth-order valence-electron chi connectivity index (χ4n) is 4.18. The second kappa shape index (κ2) is 9.61. The van der Waals surface area contributed by atoms with Gasteiger partial charge in [-0.25, -0.2) is 12.8 Å². The zero-order chi connectivity index (χ0) is 27.1. The van der Waals surface area contributed by atoms with Crippen LogP contribution in [0.5, 0.6) is 5.75 Å². The van der Waals surface area contributed by atoms with Crippen molar-refractivity contribution in [3.8, 4) is 16.9 Å². The van der Waals surface area contributed by atoms with E-state index in [1.807, 2.05) is 0 Å². The summed E-state index contributed by atoms with van der Waals surface area (Å²) < 4.78 is 111. The number of fused-ring (bicyclic) bond motifs is 1. The van der Waals surface area contributed by atoms with Crippen LogP contribution in [0.4, 0.5) is 32.0 Å². The Balaban J connectivity index is 1.83. The monoisotopic (exact) mass is 545 g/mol. The minimum absolute atomic E-state index is 0.0262. The Hall–Kier alpha value is -3.74. The van der Waals surface area contributed by atoms with Gasteiger partial charge < -0.3 is 9.84 Å². The van der Waals surface area contributed by atoms with E-state index >= 15 is 0 Å². The summed E-state index contributed by atoms with van der Waals surface area (Å²) in [5.41, 5.74) is -0.621. The first-order valence-electron chi connectivity index (χ1n) is 10.6. The second-order valence-electron chi connectivity index (χ2n) is 8.18. The summed E-state index contributed by atoms with van der Waals surface area (Å²) in [6.07, 6.45) is -5.52. The van der Waals surface area contributed by atoms with Crippen LogP contribution in [0.3, 0.4) is 0 Å². The van der Waals surface area contributed by atoms with E-state index in [1.165, 1.54) is 18.2 Å². The Morgan fingerprint density at radius 1 is 1.05 bits per heavy atom. The van der Waals surface area contributed by atoms with Crippen molar-refractivity contribution in [3.63, 3.8) is 0 Å². The zero-order valence-corrected chi connectivity index (χ0v) is 19.4. The average Bonchev–Trinajstić information content (AvgIpc) is 3.14. The Morgan fingerprint density at radius 2 is 1.78 bits per heavy atom. The molecule has 1 atom stereocenters. The van der Waals surface area contributed by atoms with Crippen molar-refractivity contribution in [2.24, 2.45) is 0 Å². The van der Waals surface area contributed by atoms with Crippen LogP contribution in [0.25, 0.3) is 11.1 Å². The van der Waals surface area contributed by atoms with E-state index in [0.29, 0.717) is 17.7 Å². The summed E-state index contributed by atoms with van der Waals surface area (Å²) in [5, 5.41) is 9.34. The largest absolute Gasteiger partial charge is 0.481 e. The van der Waals surface area contributed by atoms with Crippen molar-refractivity contribution >= 4 is 21.7 Å². The molecule has 3 aromatic rings. The maximum absolute atomic E-state index is 14.1. The predicted octanol–water partition coefficient (Wildman–Crippen LogP) is 5.71. The maximum Gasteiger partial charge on any atom is 0.416 e. The highest BCUT2D eigenvalue weighted by Crippen LogP contribution is 2.41. The van der Waals surface area contributed by atoms with Gasteiger partial charge in [0.15, 0.2) is 0 Å². The second-order valence-corrected chi connectivity index (χ2v) is 9.99. The molecule has 1 heterocycles. The van der Waals surface area contributed by atoms with Gasteiger partial charge in [0, 0.05) is 6.07 Å². The quantitative estimate of drug-likeness (QED) is 0.385. The third kappa shape index (κ3) is 5.50. The SMILES string of the molecule is O=C(O)C[C@H]1Cc2ccc(-c3cc(F)cc(OC(F)F)c3)cc2N1S(=O)(=O)c1cccc(C(F)(F)F)c1. The normalized spacial score (nSPS) is 15.6. The van der Waals surface area contributed by atoms with Crippen LogP contribution in [-0.2, 0) is 27.4 Å². The number of carbonyl (C=O) groups is 1. The number of sulfonamides is 1. The molecule has 37 heavy (non-hydrogen) atoms. The first kappa shape index (κ1) is 26.3. The molecular formula is C24H17F6NO5S. The van der Waals surface area contributed by atoms with E-state index in [9.17, 15) is 44.7 Å². The molecule has 0 bridgehead atoms. The summed E-state index contributed by atoms with van der Waals surface area (Å²) >= 11 is 0. The minimum atomic E-state index is -4.82. The molecule has 0 unspecified atom stereocenters. The number of hydrogen-bond donors (Lipinski definition) is 1. The number of benzene rings is 3. The lowest BCUT2D eigenvalue weighted by molar-refractivity contribution is -0.138. The van der Waals surface area contributed by atoms with Crippen molar-refractivity contribution in [2.75, 3.05) is 4.31 Å². The fourth-order valence-corrected chi connectivity index (χ4v) is 5.91. The smallest absolute Gasteiger partial charge is 0.416 e. The van der Waals surface area contributed by atoms with Crippen LogP contribution in [0.15, 0.2) is 65.6 Å². The first-order chi connectivity index (χ1) is 17.3. The van der Waals surface area contributed by atoms with Crippen LogP contribution in [0.1, 0.15) is 17.5 Å². The molecule has 3 aromatic carbocycles. The third-order valence-corrected chi connectivity index (χ3v) is 7.53. The van der Waals surface area contributed by atoms with Crippen molar-refractivity contribution < 1.29 is 49.4 Å². The Bertz CT molecular complexity index is 1460. The molecule has 0 amide bonds. The van der Waals surface area contributed by atoms with Crippen LogP contribution < -0.4 is 9.04 Å². The maximum atomic E-state index is 14.1. The van der Waals surface area contributed by atoms with Gasteiger partial charge in [-0.1, -0.05) is 18.2 Å². The van der Waals surface area contributed by atoms with E-state index in [-0.39, 0.29) is 23.2 Å². The summed E-state index contributed by atoms with van der Waals surface area (Å²) in [7, 11) is -4.69. The summed E-state index contributed by atoms with van der Waals surface area (Å²) in [6.45, 7) is -3.22. The van der Waals surface area contributed by atoms with E-state index in [2.05, 4.69) is 4.74 Å². The molecule has 6 nitrogen and oxygen atoms in total. The van der Waals surface area contributed by atoms with E-state index in [0.717, 1.165) is 34.6 Å². The van der Waals surface area contributed by atoms with Crippen molar-refractivity contribution in [1.82, 2.24) is 0 Å². The zero-order valence-electron chi connectivity index (χ0n) is 18.5. The molecule has 0 aromatic heterocycles. The number of hydrogen-bond acceptors (Lipinski definition) is 4. The van der Waals surface area contributed by atoms with Crippen LogP contribution >= 0.6 is 0 Å². The number of ether oxygens (including phenoxy) is 1. The standard InChI is InChI=1S/C24H17F6NO5S/c25-17-6-15(8-19(11-17)36-23(26)27)13-4-5-14-7-18(12-22(32)33)31(21(14)9-13)37(34,35)20-3-1-2-16(10-20)24(28,29)30/h1-6,8-11,18,23H,7,12H2,(H,32,33)/t18-/m1/s1. The van der Waals surface area contributed by atoms with Gasteiger partial charge >= 0.3 is 18.8 Å². The molecule has 0 saturated carbocycles. The van der Waals surface area contributed by atoms with Gasteiger partial charge in [0.05, 0.1) is 28.6 Å². The van der Waals surface area contributed by atoms with E-state index in [1.54, 1.807) is 0 Å². The number of anilines is 1. The Morgan fingerprint density at radius 3 is 2.43 bits per heavy atom. The molecule has 0 radical (unpaired) electrons. The number of halogens is 6. The molecule has 0 spiro atoms. The van der Waals surface area contributed by atoms with Gasteiger partial charge in [-0.2, -0.15) is 22.0 Å². The summed E-state index contributed by atoms with van der Waals surface area (Å²) in [6, 6.07) is 8.91. The lowest BCUT2D eigenvalue weighted by atomic mass is 10.0. The van der Waals surface area contributed by atoms with E-state index in [4.69, 9.17) is 0 Å². The lowest BCUT2D eigenvalue weighted by Crippen LogP contribution is -2.39. The minimum Gasteiger partial charge on any atom is -0.481 e.